The summed E-state index contributed by atoms with van der Waals surface area (Å²) in [7, 11) is -1.62. The highest BCUT2D eigenvalue weighted by Crippen LogP contribution is 2.48. The molecule has 0 spiro atoms. The van der Waals surface area contributed by atoms with Crippen molar-refractivity contribution in [2.75, 3.05) is 11.9 Å². The van der Waals surface area contributed by atoms with E-state index in [0.717, 1.165) is 16.8 Å². The zero-order chi connectivity index (χ0) is 25.6. The SMILES string of the molecule is Cn1cc(Nc2nccc(-c3cnn(C4CN(S(=O)(=O)C5CC5)C4c4ncccc4CC#N)c3)n2)cn1. The van der Waals surface area contributed by atoms with Crippen molar-refractivity contribution in [2.24, 2.45) is 7.05 Å². The van der Waals surface area contributed by atoms with Gasteiger partial charge in [-0.1, -0.05) is 6.07 Å². The molecular formula is C24H24N10O2S. The maximum Gasteiger partial charge on any atom is 0.227 e. The molecule has 1 saturated carbocycles. The molecule has 188 valence electrons. The summed E-state index contributed by atoms with van der Waals surface area (Å²) in [6, 6.07) is 6.76. The number of aromatic nitrogens is 7. The van der Waals surface area contributed by atoms with Crippen molar-refractivity contribution < 1.29 is 8.42 Å². The van der Waals surface area contributed by atoms with Crippen molar-refractivity contribution in [3.8, 4) is 17.3 Å². The second kappa shape index (κ2) is 9.06. The third-order valence-corrected chi connectivity index (χ3v) is 8.99. The molecule has 4 aromatic heterocycles. The van der Waals surface area contributed by atoms with Crippen molar-refractivity contribution in [2.45, 2.75) is 36.6 Å². The van der Waals surface area contributed by atoms with Crippen molar-refractivity contribution >= 4 is 21.7 Å². The van der Waals surface area contributed by atoms with E-state index >= 15 is 0 Å². The molecule has 1 saturated heterocycles. The standard InChI is InChI=1S/C24H24N10O2S/c1-32-14-18(12-28-32)30-24-27-10-7-20(31-24)17-11-29-33(13-17)21-15-34(37(35,36)19-4-5-19)23(21)22-16(6-8-25)3-2-9-26-22/h2-3,7,9-14,19,21,23H,4-6,15H2,1H3,(H,27,30,31). The highest BCUT2D eigenvalue weighted by molar-refractivity contribution is 7.90. The average Bonchev–Trinajstić information content (AvgIpc) is 3.51. The molecule has 0 aromatic carbocycles. The Morgan fingerprint density at radius 1 is 1.14 bits per heavy atom. The van der Waals surface area contributed by atoms with E-state index in [0.29, 0.717) is 36.7 Å². The van der Waals surface area contributed by atoms with E-state index < -0.39 is 16.1 Å². The summed E-state index contributed by atoms with van der Waals surface area (Å²) in [6.07, 6.45) is 11.9. The Labute approximate surface area is 213 Å². The second-order valence-electron chi connectivity index (χ2n) is 9.21. The number of hydrogen-bond acceptors (Lipinski definition) is 9. The zero-order valence-electron chi connectivity index (χ0n) is 20.0. The van der Waals surface area contributed by atoms with Crippen LogP contribution in [0.3, 0.4) is 0 Å². The summed E-state index contributed by atoms with van der Waals surface area (Å²) in [5.74, 6) is 0.427. The predicted octanol–water partition coefficient (Wildman–Crippen LogP) is 2.37. The van der Waals surface area contributed by atoms with Gasteiger partial charge in [-0.05, 0) is 30.5 Å². The molecule has 6 rings (SSSR count). The Hall–Kier alpha value is -4.15. The van der Waals surface area contributed by atoms with Crippen LogP contribution in [0.25, 0.3) is 11.3 Å². The summed E-state index contributed by atoms with van der Waals surface area (Å²) in [5.41, 5.74) is 3.55. The molecule has 0 radical (unpaired) electrons. The number of nitrogens with one attached hydrogen (secondary N) is 1. The maximum atomic E-state index is 13.2. The molecule has 2 unspecified atom stereocenters. The van der Waals surface area contributed by atoms with Gasteiger partial charge in [0.25, 0.3) is 0 Å². The normalized spacial score (nSPS) is 19.8. The number of nitriles is 1. The number of sulfonamides is 1. The van der Waals surface area contributed by atoms with Crippen molar-refractivity contribution in [1.29, 1.82) is 5.26 Å². The fourth-order valence-corrected chi connectivity index (χ4v) is 6.65. The predicted molar refractivity (Wildman–Crippen MR) is 134 cm³/mol. The van der Waals surface area contributed by atoms with Crippen LogP contribution < -0.4 is 5.32 Å². The van der Waals surface area contributed by atoms with Crippen LogP contribution in [0, 0.1) is 11.3 Å². The summed E-state index contributed by atoms with van der Waals surface area (Å²) in [5, 5.41) is 20.8. The van der Waals surface area contributed by atoms with Gasteiger partial charge in [-0.15, -0.1) is 0 Å². The van der Waals surface area contributed by atoms with Crippen LogP contribution in [-0.4, -0.2) is 59.0 Å². The van der Waals surface area contributed by atoms with Crippen LogP contribution >= 0.6 is 0 Å². The van der Waals surface area contributed by atoms with Gasteiger partial charge >= 0.3 is 0 Å². The van der Waals surface area contributed by atoms with E-state index in [1.807, 2.05) is 25.5 Å². The maximum absolute atomic E-state index is 13.2. The molecule has 2 fully saturated rings. The van der Waals surface area contributed by atoms with Gasteiger partial charge in [0.15, 0.2) is 0 Å². The quantitative estimate of drug-likeness (QED) is 0.373. The summed E-state index contributed by atoms with van der Waals surface area (Å²) in [4.78, 5) is 13.4. The summed E-state index contributed by atoms with van der Waals surface area (Å²) >= 11 is 0. The van der Waals surface area contributed by atoms with Crippen LogP contribution in [0.15, 0.2) is 55.4 Å². The topological polar surface area (TPSA) is 148 Å². The minimum absolute atomic E-state index is 0.154. The minimum atomic E-state index is -3.44. The molecule has 0 bridgehead atoms. The van der Waals surface area contributed by atoms with Gasteiger partial charge in [0.1, 0.15) is 0 Å². The molecule has 1 N–H and O–H groups in total. The number of rotatable bonds is 8. The van der Waals surface area contributed by atoms with E-state index in [-0.39, 0.29) is 17.7 Å². The zero-order valence-corrected chi connectivity index (χ0v) is 20.8. The lowest BCUT2D eigenvalue weighted by Gasteiger charge is -2.46. The summed E-state index contributed by atoms with van der Waals surface area (Å²) < 4.78 is 31.4. The second-order valence-corrected chi connectivity index (χ2v) is 11.4. The minimum Gasteiger partial charge on any atom is -0.321 e. The molecule has 13 heteroatoms. The van der Waals surface area contributed by atoms with Gasteiger partial charge < -0.3 is 5.32 Å². The lowest BCUT2D eigenvalue weighted by Crippen LogP contribution is -2.54. The number of aryl methyl sites for hydroxylation is 1. The molecular weight excluding hydrogens is 492 g/mol. The van der Waals surface area contributed by atoms with Crippen molar-refractivity contribution in [1.82, 2.24) is 38.8 Å². The van der Waals surface area contributed by atoms with Crippen molar-refractivity contribution in [3.63, 3.8) is 0 Å². The van der Waals surface area contributed by atoms with Crippen molar-refractivity contribution in [3.05, 3.63) is 66.6 Å². The third kappa shape index (κ3) is 4.34. The third-order valence-electron chi connectivity index (χ3n) is 6.64. The molecule has 5 heterocycles. The Kier molecular flexibility index (Phi) is 5.69. The molecule has 37 heavy (non-hydrogen) atoms. The van der Waals surface area contributed by atoms with Gasteiger partial charge in [0.05, 0.1) is 59.3 Å². The van der Waals surface area contributed by atoms with Gasteiger partial charge in [0, 0.05) is 43.9 Å². The number of nitrogens with zero attached hydrogens (tertiary/aromatic N) is 9. The van der Waals surface area contributed by atoms with Gasteiger partial charge in [-0.2, -0.15) is 19.8 Å². The van der Waals surface area contributed by atoms with Gasteiger partial charge in [-0.3, -0.25) is 14.3 Å². The van der Waals surface area contributed by atoms with Crippen LogP contribution in [-0.2, 0) is 23.5 Å². The average molecular weight is 517 g/mol. The largest absolute Gasteiger partial charge is 0.321 e. The first-order chi connectivity index (χ1) is 17.9. The van der Waals surface area contributed by atoms with E-state index in [2.05, 4.69) is 36.5 Å². The molecule has 12 nitrogen and oxygen atoms in total. The lowest BCUT2D eigenvalue weighted by atomic mass is 9.92. The Morgan fingerprint density at radius 2 is 2.00 bits per heavy atom. The molecule has 1 aliphatic heterocycles. The lowest BCUT2D eigenvalue weighted by molar-refractivity contribution is 0.0943. The Bertz CT molecular complexity index is 1600. The molecule has 1 aliphatic carbocycles. The van der Waals surface area contributed by atoms with E-state index in [1.165, 1.54) is 4.31 Å². The number of hydrogen-bond donors (Lipinski definition) is 1. The molecule has 0 amide bonds. The van der Waals surface area contributed by atoms with E-state index in [1.54, 1.807) is 46.3 Å². The summed E-state index contributed by atoms with van der Waals surface area (Å²) in [6.45, 7) is 0.296. The molecule has 2 aliphatic rings. The van der Waals surface area contributed by atoms with E-state index in [9.17, 15) is 13.7 Å². The number of anilines is 2. The van der Waals surface area contributed by atoms with Crippen LogP contribution in [0.2, 0.25) is 0 Å². The monoisotopic (exact) mass is 516 g/mol. The van der Waals surface area contributed by atoms with Gasteiger partial charge in [0.2, 0.25) is 16.0 Å². The first kappa shape index (κ1) is 23.3. The molecule has 2 atom stereocenters. The molecule has 4 aromatic rings. The fourth-order valence-electron chi connectivity index (χ4n) is 4.62. The fraction of sp³-hybridized carbons (Fsp3) is 0.333. The van der Waals surface area contributed by atoms with Gasteiger partial charge in [-0.25, -0.2) is 18.4 Å². The van der Waals surface area contributed by atoms with Crippen LogP contribution in [0.5, 0.6) is 0 Å². The number of pyridine rings is 1. The Balaban J connectivity index is 1.30. The Morgan fingerprint density at radius 3 is 2.76 bits per heavy atom. The highest BCUT2D eigenvalue weighted by Gasteiger charge is 2.53. The first-order valence-electron chi connectivity index (χ1n) is 11.9. The van der Waals surface area contributed by atoms with Crippen LogP contribution in [0.1, 0.15) is 36.2 Å². The smallest absolute Gasteiger partial charge is 0.227 e. The highest BCUT2D eigenvalue weighted by atomic mass is 32.2. The van der Waals surface area contributed by atoms with Crippen LogP contribution in [0.4, 0.5) is 11.6 Å². The van der Waals surface area contributed by atoms with E-state index in [4.69, 9.17) is 0 Å². The first-order valence-corrected chi connectivity index (χ1v) is 13.4.